The fourth-order valence-electron chi connectivity index (χ4n) is 3.46. The summed E-state index contributed by atoms with van der Waals surface area (Å²) in [4.78, 5) is 21.3. The molecule has 0 bridgehead atoms. The smallest absolute Gasteiger partial charge is 0.233 e. The zero-order valence-electron chi connectivity index (χ0n) is 18.3. The Balaban J connectivity index is 1.47. The van der Waals surface area contributed by atoms with Gasteiger partial charge in [-0.1, -0.05) is 45.0 Å². The molecule has 0 N–H and O–H groups in total. The lowest BCUT2D eigenvalue weighted by molar-refractivity contribution is 0.0982. The molecule has 4 rings (SSSR count). The van der Waals surface area contributed by atoms with Crippen molar-refractivity contribution in [3.63, 3.8) is 0 Å². The van der Waals surface area contributed by atoms with Crippen LogP contribution in [0.15, 0.2) is 83.1 Å². The van der Waals surface area contributed by atoms with Crippen molar-refractivity contribution in [2.75, 3.05) is 0 Å². The maximum Gasteiger partial charge on any atom is 0.233 e. The number of nitrogens with zero attached hydrogens (tertiary/aromatic N) is 3. The van der Waals surface area contributed by atoms with E-state index in [2.05, 4.69) is 30.7 Å². The number of imidazole rings is 1. The average molecular weight is 448 g/mol. The van der Waals surface area contributed by atoms with Crippen LogP contribution in [0.5, 0.6) is 0 Å². The maximum atomic E-state index is 13.1. The second-order valence-corrected chi connectivity index (χ2v) is 10.8. The fourth-order valence-corrected chi connectivity index (χ4v) is 4.77. The Kier molecular flexibility index (Phi) is 5.69. The lowest BCUT2D eigenvalue weighted by Crippen LogP contribution is -2.12. The number of aryl methyl sites for hydroxylation is 1. The van der Waals surface area contributed by atoms with Gasteiger partial charge in [-0.3, -0.25) is 9.20 Å². The van der Waals surface area contributed by atoms with E-state index in [1.807, 2.05) is 6.07 Å². The normalized spacial score (nSPS) is 12.2. The Bertz CT molecular complexity index is 1380. The number of ketones is 1. The van der Waals surface area contributed by atoms with Gasteiger partial charge in [0.05, 0.1) is 15.4 Å². The summed E-state index contributed by atoms with van der Waals surface area (Å²) in [6.07, 6.45) is 7.45. The SMILES string of the molecule is CC(C)(C)c1cccc(S(=O)(=O)c2ccc(CCC(=O)c3cnc4nccn4c3)cc2)c1. The quantitative estimate of drug-likeness (QED) is 0.401. The van der Waals surface area contributed by atoms with Crippen LogP contribution in [0.25, 0.3) is 5.78 Å². The van der Waals surface area contributed by atoms with Gasteiger partial charge in [0.1, 0.15) is 0 Å². The number of fused-ring (bicyclic) bond motifs is 1. The van der Waals surface area contributed by atoms with Crippen molar-refractivity contribution in [1.29, 1.82) is 0 Å². The Morgan fingerprint density at radius 3 is 2.47 bits per heavy atom. The molecule has 32 heavy (non-hydrogen) atoms. The first-order valence-corrected chi connectivity index (χ1v) is 11.9. The van der Waals surface area contributed by atoms with Crippen molar-refractivity contribution in [1.82, 2.24) is 14.4 Å². The summed E-state index contributed by atoms with van der Waals surface area (Å²) in [5.41, 5.74) is 2.25. The van der Waals surface area contributed by atoms with Crippen molar-refractivity contribution in [3.05, 3.63) is 90.0 Å². The second kappa shape index (κ2) is 8.31. The summed E-state index contributed by atoms with van der Waals surface area (Å²) in [7, 11) is -3.61. The van der Waals surface area contributed by atoms with Crippen molar-refractivity contribution < 1.29 is 13.2 Å². The molecular weight excluding hydrogens is 422 g/mol. The van der Waals surface area contributed by atoms with Gasteiger partial charge >= 0.3 is 0 Å². The molecule has 2 aromatic carbocycles. The number of hydrogen-bond acceptors (Lipinski definition) is 5. The number of carbonyl (C=O) groups excluding carboxylic acids is 1. The van der Waals surface area contributed by atoms with Gasteiger partial charge in [0.15, 0.2) is 5.78 Å². The number of aromatic nitrogens is 3. The summed E-state index contributed by atoms with van der Waals surface area (Å²) in [6.45, 7) is 6.16. The monoisotopic (exact) mass is 447 g/mol. The molecular formula is C25H25N3O3S. The Morgan fingerprint density at radius 2 is 1.75 bits per heavy atom. The third-order valence-corrected chi connectivity index (χ3v) is 7.22. The first-order chi connectivity index (χ1) is 15.1. The molecule has 0 amide bonds. The zero-order valence-corrected chi connectivity index (χ0v) is 19.1. The molecule has 0 saturated carbocycles. The average Bonchev–Trinajstić information content (AvgIpc) is 3.25. The molecule has 6 nitrogen and oxygen atoms in total. The minimum absolute atomic E-state index is 0.0243. The van der Waals surface area contributed by atoms with Crippen molar-refractivity contribution >= 4 is 21.4 Å². The summed E-state index contributed by atoms with van der Waals surface area (Å²) in [6, 6.07) is 13.9. The summed E-state index contributed by atoms with van der Waals surface area (Å²) < 4.78 is 27.9. The van der Waals surface area contributed by atoms with Crippen LogP contribution in [0.4, 0.5) is 0 Å². The number of rotatable bonds is 6. The number of benzene rings is 2. The molecule has 0 unspecified atom stereocenters. The van der Waals surface area contributed by atoms with E-state index >= 15 is 0 Å². The molecule has 0 aliphatic heterocycles. The van der Waals surface area contributed by atoms with Crippen LogP contribution in [-0.4, -0.2) is 28.6 Å². The predicted molar refractivity (Wildman–Crippen MR) is 123 cm³/mol. The lowest BCUT2D eigenvalue weighted by atomic mass is 9.87. The third-order valence-electron chi connectivity index (χ3n) is 5.45. The van der Waals surface area contributed by atoms with E-state index in [4.69, 9.17) is 0 Å². The Labute approximate surface area is 187 Å². The highest BCUT2D eigenvalue weighted by Gasteiger charge is 2.21. The van der Waals surface area contributed by atoms with E-state index in [1.165, 1.54) is 6.20 Å². The van der Waals surface area contributed by atoms with Crippen LogP contribution < -0.4 is 0 Å². The van der Waals surface area contributed by atoms with Gasteiger partial charge in [0, 0.05) is 31.2 Å². The van der Waals surface area contributed by atoms with E-state index in [9.17, 15) is 13.2 Å². The van der Waals surface area contributed by atoms with Crippen LogP contribution in [0.3, 0.4) is 0 Å². The molecule has 0 radical (unpaired) electrons. The maximum absolute atomic E-state index is 13.1. The fraction of sp³-hybridized carbons (Fsp3) is 0.240. The van der Waals surface area contributed by atoms with Crippen LogP contribution in [0.2, 0.25) is 0 Å². The van der Waals surface area contributed by atoms with Crippen molar-refractivity contribution in [2.45, 2.75) is 48.8 Å². The van der Waals surface area contributed by atoms with Gasteiger partial charge < -0.3 is 0 Å². The summed E-state index contributed by atoms with van der Waals surface area (Å²) in [5, 5.41) is 0. The molecule has 0 spiro atoms. The highest BCUT2D eigenvalue weighted by atomic mass is 32.2. The minimum atomic E-state index is -3.61. The number of Topliss-reactive ketones (excluding diaryl/α,β-unsaturated/α-hetero) is 1. The van der Waals surface area contributed by atoms with Gasteiger partial charge in [-0.2, -0.15) is 0 Å². The molecule has 7 heteroatoms. The number of hydrogen-bond donors (Lipinski definition) is 0. The number of carbonyl (C=O) groups is 1. The molecule has 164 valence electrons. The lowest BCUT2D eigenvalue weighted by Gasteiger charge is -2.19. The topological polar surface area (TPSA) is 81.4 Å². The van der Waals surface area contributed by atoms with Gasteiger partial charge in [-0.15, -0.1) is 0 Å². The third kappa shape index (κ3) is 4.48. The van der Waals surface area contributed by atoms with Gasteiger partial charge in [-0.05, 0) is 47.2 Å². The molecule has 2 aromatic heterocycles. The summed E-state index contributed by atoms with van der Waals surface area (Å²) >= 11 is 0. The number of sulfone groups is 1. The first kappa shape index (κ1) is 21.9. The summed E-state index contributed by atoms with van der Waals surface area (Å²) in [5.74, 6) is 0.523. The van der Waals surface area contributed by atoms with Crippen molar-refractivity contribution in [3.8, 4) is 0 Å². The standard InChI is InChI=1S/C25H25N3O3S/c1-25(2,3)20-5-4-6-22(15-20)32(30,31)21-10-7-18(8-11-21)9-12-23(29)19-16-27-24-26-13-14-28(24)17-19/h4-8,10-11,13-17H,9,12H2,1-3H3. The van der Waals surface area contributed by atoms with Gasteiger partial charge in [-0.25, -0.2) is 18.4 Å². The predicted octanol–water partition coefficient (Wildman–Crippen LogP) is 4.68. The van der Waals surface area contributed by atoms with Crippen LogP contribution in [0.1, 0.15) is 48.7 Å². The van der Waals surface area contributed by atoms with E-state index in [1.54, 1.807) is 65.5 Å². The second-order valence-electron chi connectivity index (χ2n) is 8.83. The molecule has 0 saturated heterocycles. The van der Waals surface area contributed by atoms with Crippen LogP contribution in [0, 0.1) is 0 Å². The van der Waals surface area contributed by atoms with E-state index in [-0.39, 0.29) is 21.0 Å². The van der Waals surface area contributed by atoms with Gasteiger partial charge in [0.25, 0.3) is 0 Å². The Hall–Kier alpha value is -3.32. The van der Waals surface area contributed by atoms with Crippen molar-refractivity contribution in [2.24, 2.45) is 0 Å². The molecule has 2 heterocycles. The van der Waals surface area contributed by atoms with Gasteiger partial charge in [0.2, 0.25) is 15.6 Å². The highest BCUT2D eigenvalue weighted by molar-refractivity contribution is 7.91. The zero-order chi connectivity index (χ0) is 22.9. The first-order valence-electron chi connectivity index (χ1n) is 10.4. The molecule has 0 aliphatic rings. The van der Waals surface area contributed by atoms with Crippen LogP contribution in [-0.2, 0) is 21.7 Å². The molecule has 0 aliphatic carbocycles. The van der Waals surface area contributed by atoms with E-state index in [0.29, 0.717) is 24.2 Å². The molecule has 0 fully saturated rings. The largest absolute Gasteiger partial charge is 0.294 e. The highest BCUT2D eigenvalue weighted by Crippen LogP contribution is 2.27. The van der Waals surface area contributed by atoms with Crippen LogP contribution >= 0.6 is 0 Å². The Morgan fingerprint density at radius 1 is 1.00 bits per heavy atom. The molecule has 4 aromatic rings. The molecule has 0 atom stereocenters. The van der Waals surface area contributed by atoms with E-state index in [0.717, 1.165) is 11.1 Å². The van der Waals surface area contributed by atoms with E-state index < -0.39 is 9.84 Å². The minimum Gasteiger partial charge on any atom is -0.294 e.